The molecule has 0 aliphatic heterocycles. The third-order valence-electron chi connectivity index (χ3n) is 2.29. The molecule has 0 bridgehead atoms. The molecule has 86 valence electrons. The van der Waals surface area contributed by atoms with Gasteiger partial charge in [-0.3, -0.25) is 0 Å². The smallest absolute Gasteiger partial charge is 0.0267 e. The van der Waals surface area contributed by atoms with Gasteiger partial charge in [0.15, 0.2) is 0 Å². The van der Waals surface area contributed by atoms with Gasteiger partial charge in [0, 0.05) is 0 Å². The molecule has 0 rings (SSSR count). The van der Waals surface area contributed by atoms with Gasteiger partial charge in [-0.05, 0) is 31.4 Å². The first-order chi connectivity index (χ1) is 7.65. The van der Waals surface area contributed by atoms with Crippen molar-refractivity contribution < 1.29 is 0 Å². The summed E-state index contributed by atoms with van der Waals surface area (Å²) in [4.78, 5) is 0. The Bertz CT molecular complexity index is 346. The van der Waals surface area contributed by atoms with E-state index in [4.69, 9.17) is 0 Å². The van der Waals surface area contributed by atoms with Gasteiger partial charge >= 0.3 is 0 Å². The molecule has 0 saturated heterocycles. The van der Waals surface area contributed by atoms with Crippen molar-refractivity contribution >= 4 is 0 Å². The first kappa shape index (κ1) is 14.4. The Morgan fingerprint density at radius 1 is 1.12 bits per heavy atom. The monoisotopic (exact) mass is 214 g/mol. The van der Waals surface area contributed by atoms with Gasteiger partial charge in [-0.25, -0.2) is 0 Å². The molecule has 0 aromatic heterocycles. The van der Waals surface area contributed by atoms with E-state index < -0.39 is 0 Å². The lowest BCUT2D eigenvalue weighted by Crippen LogP contribution is -1.81. The van der Waals surface area contributed by atoms with Crippen LogP contribution in [0.15, 0.2) is 72.4 Å². The Morgan fingerprint density at radius 3 is 2.31 bits per heavy atom. The zero-order valence-electron chi connectivity index (χ0n) is 10.7. The Balaban J connectivity index is 4.88. The predicted octanol–water partition coefficient (Wildman–Crippen LogP) is 5.14. The van der Waals surface area contributed by atoms with Crippen LogP contribution in [-0.2, 0) is 0 Å². The molecule has 0 heterocycles. The largest absolute Gasteiger partial charge is 0.0991 e. The minimum absolute atomic E-state index is 1.01. The highest BCUT2D eigenvalue weighted by Crippen LogP contribution is 2.12. The highest BCUT2D eigenvalue weighted by Gasteiger charge is 1.92. The Labute approximate surface area is 100 Å². The van der Waals surface area contributed by atoms with Crippen molar-refractivity contribution in [3.8, 4) is 0 Å². The van der Waals surface area contributed by atoms with E-state index in [1.54, 1.807) is 6.08 Å². The highest BCUT2D eigenvalue weighted by molar-refractivity contribution is 5.40. The van der Waals surface area contributed by atoms with Gasteiger partial charge in [0.1, 0.15) is 0 Å². The topological polar surface area (TPSA) is 0 Å². The number of rotatable bonds is 6. The summed E-state index contributed by atoms with van der Waals surface area (Å²) in [6, 6.07) is 0. The summed E-state index contributed by atoms with van der Waals surface area (Å²) < 4.78 is 0. The zero-order valence-corrected chi connectivity index (χ0v) is 10.7. The Kier molecular flexibility index (Phi) is 7.87. The fourth-order valence-electron chi connectivity index (χ4n) is 1.18. The fourth-order valence-corrected chi connectivity index (χ4v) is 1.18. The molecule has 0 aliphatic carbocycles. The number of allylic oxidation sites excluding steroid dienone is 10. The van der Waals surface area contributed by atoms with E-state index in [9.17, 15) is 0 Å². The van der Waals surface area contributed by atoms with Crippen LogP contribution in [0, 0.1) is 0 Å². The summed E-state index contributed by atoms with van der Waals surface area (Å²) in [5.74, 6) is 0. The van der Waals surface area contributed by atoms with E-state index >= 15 is 0 Å². The van der Waals surface area contributed by atoms with Crippen LogP contribution < -0.4 is 0 Å². The summed E-state index contributed by atoms with van der Waals surface area (Å²) >= 11 is 0. The van der Waals surface area contributed by atoms with Gasteiger partial charge in [0.25, 0.3) is 0 Å². The Morgan fingerprint density at radius 2 is 1.81 bits per heavy atom. The van der Waals surface area contributed by atoms with Crippen LogP contribution in [0.4, 0.5) is 0 Å². The van der Waals surface area contributed by atoms with Crippen LogP contribution in [0.25, 0.3) is 0 Å². The standard InChI is InChI=1S/C16H22/c1-6-9-11-16(15(5)8-3)13-12-14(4)10-7-2/h6-7,9-13H,1,4,8H2,2-3,5H3/b10-7-,11-9-,13-12-,16-15-. The molecule has 0 unspecified atom stereocenters. The normalized spacial score (nSPS) is 13.7. The van der Waals surface area contributed by atoms with E-state index in [1.807, 2.05) is 31.2 Å². The molecular formula is C16H22. The molecule has 0 nitrogen and oxygen atoms in total. The maximum Gasteiger partial charge on any atom is -0.0267 e. The van der Waals surface area contributed by atoms with Crippen molar-refractivity contribution in [2.45, 2.75) is 27.2 Å². The molecule has 16 heavy (non-hydrogen) atoms. The molecule has 0 aromatic rings. The SMILES string of the molecule is C=C\C=C/C(/C=C\C(=C)/C=C\C)=C(\C)CC. The molecule has 0 aliphatic rings. The molecule has 0 heteroatoms. The lowest BCUT2D eigenvalue weighted by Gasteiger charge is -2.01. The van der Waals surface area contributed by atoms with Gasteiger partial charge < -0.3 is 0 Å². The average molecular weight is 214 g/mol. The molecule has 0 radical (unpaired) electrons. The van der Waals surface area contributed by atoms with E-state index in [-0.39, 0.29) is 0 Å². The van der Waals surface area contributed by atoms with Gasteiger partial charge in [0.05, 0.1) is 0 Å². The second-order valence-electron chi connectivity index (χ2n) is 3.59. The van der Waals surface area contributed by atoms with Crippen molar-refractivity contribution in [1.82, 2.24) is 0 Å². The van der Waals surface area contributed by atoms with Crippen LogP contribution in [0.2, 0.25) is 0 Å². The van der Waals surface area contributed by atoms with Crippen molar-refractivity contribution in [1.29, 1.82) is 0 Å². The van der Waals surface area contributed by atoms with Gasteiger partial charge in [-0.1, -0.05) is 68.2 Å². The van der Waals surface area contributed by atoms with Crippen molar-refractivity contribution in [2.75, 3.05) is 0 Å². The summed E-state index contributed by atoms with van der Waals surface area (Å²) in [5, 5.41) is 0. The van der Waals surface area contributed by atoms with E-state index in [0.29, 0.717) is 0 Å². The lowest BCUT2D eigenvalue weighted by atomic mass is 10.1. The third kappa shape index (κ3) is 6.02. The van der Waals surface area contributed by atoms with E-state index in [1.165, 1.54) is 11.1 Å². The van der Waals surface area contributed by atoms with E-state index in [0.717, 1.165) is 12.0 Å². The van der Waals surface area contributed by atoms with Gasteiger partial charge in [0.2, 0.25) is 0 Å². The zero-order chi connectivity index (χ0) is 12.4. The van der Waals surface area contributed by atoms with Gasteiger partial charge in [-0.15, -0.1) is 0 Å². The highest BCUT2D eigenvalue weighted by atomic mass is 14.0. The minimum atomic E-state index is 1.01. The molecular weight excluding hydrogens is 192 g/mol. The third-order valence-corrected chi connectivity index (χ3v) is 2.29. The van der Waals surface area contributed by atoms with Crippen molar-refractivity contribution in [3.05, 3.63) is 72.4 Å². The Hall–Kier alpha value is -1.56. The first-order valence-corrected chi connectivity index (χ1v) is 5.64. The van der Waals surface area contributed by atoms with Crippen LogP contribution in [-0.4, -0.2) is 0 Å². The maximum atomic E-state index is 3.94. The summed E-state index contributed by atoms with van der Waals surface area (Å²) in [7, 11) is 0. The minimum Gasteiger partial charge on any atom is -0.0991 e. The van der Waals surface area contributed by atoms with Gasteiger partial charge in [-0.2, -0.15) is 0 Å². The first-order valence-electron chi connectivity index (χ1n) is 5.64. The molecule has 0 spiro atoms. The molecule has 0 aromatic carbocycles. The van der Waals surface area contributed by atoms with Crippen LogP contribution in [0.5, 0.6) is 0 Å². The molecule has 0 amide bonds. The van der Waals surface area contributed by atoms with Crippen molar-refractivity contribution in [3.63, 3.8) is 0 Å². The molecule has 0 atom stereocenters. The quantitative estimate of drug-likeness (QED) is 0.537. The predicted molar refractivity (Wildman–Crippen MR) is 75.4 cm³/mol. The maximum absolute atomic E-state index is 3.94. The van der Waals surface area contributed by atoms with Crippen LogP contribution >= 0.6 is 0 Å². The van der Waals surface area contributed by atoms with E-state index in [2.05, 4.69) is 39.2 Å². The second-order valence-corrected chi connectivity index (χ2v) is 3.59. The molecule has 0 N–H and O–H groups in total. The van der Waals surface area contributed by atoms with Crippen molar-refractivity contribution in [2.24, 2.45) is 0 Å². The van der Waals surface area contributed by atoms with Crippen LogP contribution in [0.3, 0.4) is 0 Å². The van der Waals surface area contributed by atoms with Crippen LogP contribution in [0.1, 0.15) is 27.2 Å². The summed E-state index contributed by atoms with van der Waals surface area (Å²) in [5.41, 5.74) is 3.60. The second kappa shape index (κ2) is 8.72. The molecule has 0 saturated carbocycles. The summed E-state index contributed by atoms with van der Waals surface area (Å²) in [6.45, 7) is 13.9. The summed E-state index contributed by atoms with van der Waals surface area (Å²) in [6.07, 6.45) is 15.0. The molecule has 0 fully saturated rings. The fraction of sp³-hybridized carbons (Fsp3) is 0.250. The number of hydrogen-bond donors (Lipinski definition) is 0. The number of hydrogen-bond acceptors (Lipinski definition) is 0. The lowest BCUT2D eigenvalue weighted by molar-refractivity contribution is 1.08. The average Bonchev–Trinajstić information content (AvgIpc) is 2.28.